The van der Waals surface area contributed by atoms with Crippen molar-refractivity contribution in [2.24, 2.45) is 5.73 Å². The highest BCUT2D eigenvalue weighted by atomic mass is 16.3. The summed E-state index contributed by atoms with van der Waals surface area (Å²) in [4.78, 5) is 4.03. The molecule has 1 rings (SSSR count). The first-order valence-corrected chi connectivity index (χ1v) is 4.56. The molecule has 3 N–H and O–H groups in total. The van der Waals surface area contributed by atoms with Crippen molar-refractivity contribution in [2.75, 3.05) is 26.2 Å². The van der Waals surface area contributed by atoms with Gasteiger partial charge in [0.15, 0.2) is 0 Å². The second kappa shape index (κ2) is 5.61. The van der Waals surface area contributed by atoms with Gasteiger partial charge in [0.05, 0.1) is 6.61 Å². The van der Waals surface area contributed by atoms with Crippen molar-refractivity contribution < 1.29 is 5.11 Å². The molecule has 0 saturated heterocycles. The van der Waals surface area contributed by atoms with Gasteiger partial charge >= 0.3 is 0 Å². The summed E-state index contributed by atoms with van der Waals surface area (Å²) in [5.41, 5.74) is 5.40. The van der Waals surface area contributed by atoms with Crippen molar-refractivity contribution >= 4 is 0 Å². The number of β-amino-alcohol motifs (C(OH)–C–C–N with tert-alkyl or cyclic N) is 1. The SMILES string of the molecule is NCCCN1C=CN(CCO)C=C1. The Hall–Kier alpha value is -1.00. The predicted molar refractivity (Wildman–Crippen MR) is 52.4 cm³/mol. The number of aliphatic hydroxyl groups excluding tert-OH is 1. The van der Waals surface area contributed by atoms with Gasteiger partial charge in [-0.2, -0.15) is 0 Å². The number of rotatable bonds is 5. The van der Waals surface area contributed by atoms with Crippen LogP contribution in [0.1, 0.15) is 6.42 Å². The first-order chi connectivity index (χ1) is 6.36. The number of hydrogen-bond donors (Lipinski definition) is 2. The minimum Gasteiger partial charge on any atom is -0.395 e. The Kier molecular flexibility index (Phi) is 4.35. The number of aliphatic hydroxyl groups is 1. The van der Waals surface area contributed by atoms with E-state index in [1.54, 1.807) is 0 Å². The van der Waals surface area contributed by atoms with Crippen LogP contribution in [0.4, 0.5) is 0 Å². The van der Waals surface area contributed by atoms with Crippen LogP contribution < -0.4 is 5.73 Å². The molecular formula is C9H17N3O. The van der Waals surface area contributed by atoms with Crippen molar-refractivity contribution in [2.45, 2.75) is 6.42 Å². The van der Waals surface area contributed by atoms with Crippen LogP contribution in [0.3, 0.4) is 0 Å². The van der Waals surface area contributed by atoms with Gasteiger partial charge in [-0.15, -0.1) is 0 Å². The summed E-state index contributed by atoms with van der Waals surface area (Å²) >= 11 is 0. The number of nitrogens with two attached hydrogens (primary N) is 1. The zero-order valence-corrected chi connectivity index (χ0v) is 7.76. The molecule has 0 aromatic heterocycles. The van der Waals surface area contributed by atoms with Gasteiger partial charge in [0.1, 0.15) is 0 Å². The molecule has 0 atom stereocenters. The molecule has 1 aliphatic heterocycles. The smallest absolute Gasteiger partial charge is 0.0610 e. The lowest BCUT2D eigenvalue weighted by Gasteiger charge is -2.24. The van der Waals surface area contributed by atoms with E-state index in [4.69, 9.17) is 10.8 Å². The molecule has 0 fully saturated rings. The Morgan fingerprint density at radius 2 is 1.54 bits per heavy atom. The average molecular weight is 183 g/mol. The molecular weight excluding hydrogens is 166 g/mol. The third-order valence-corrected chi connectivity index (χ3v) is 1.88. The molecule has 0 saturated carbocycles. The van der Waals surface area contributed by atoms with E-state index in [1.807, 2.05) is 29.7 Å². The molecule has 4 heteroatoms. The molecule has 4 nitrogen and oxygen atoms in total. The molecule has 0 aromatic rings. The molecule has 0 bridgehead atoms. The molecule has 1 aliphatic rings. The lowest BCUT2D eigenvalue weighted by atomic mass is 10.4. The average Bonchev–Trinajstić information content (AvgIpc) is 2.17. The highest BCUT2D eigenvalue weighted by molar-refractivity contribution is 5.00. The van der Waals surface area contributed by atoms with Crippen molar-refractivity contribution in [3.8, 4) is 0 Å². The summed E-state index contributed by atoms with van der Waals surface area (Å²) in [5, 5.41) is 8.69. The fourth-order valence-electron chi connectivity index (χ4n) is 1.13. The second-order valence-electron chi connectivity index (χ2n) is 2.94. The van der Waals surface area contributed by atoms with Gasteiger partial charge in [-0.05, 0) is 13.0 Å². The Morgan fingerprint density at radius 3 is 2.00 bits per heavy atom. The first kappa shape index (κ1) is 10.1. The fraction of sp³-hybridized carbons (Fsp3) is 0.556. The van der Waals surface area contributed by atoms with E-state index in [-0.39, 0.29) is 6.61 Å². The molecule has 1 heterocycles. The van der Waals surface area contributed by atoms with Gasteiger partial charge in [0.2, 0.25) is 0 Å². The lowest BCUT2D eigenvalue weighted by Crippen LogP contribution is -2.23. The number of nitrogens with zero attached hydrogens (tertiary/aromatic N) is 2. The summed E-state index contributed by atoms with van der Waals surface area (Å²) in [6.45, 7) is 2.50. The van der Waals surface area contributed by atoms with Gasteiger partial charge in [0, 0.05) is 37.9 Å². The second-order valence-corrected chi connectivity index (χ2v) is 2.94. The molecule has 13 heavy (non-hydrogen) atoms. The maximum absolute atomic E-state index is 8.69. The maximum Gasteiger partial charge on any atom is 0.0610 e. The topological polar surface area (TPSA) is 52.7 Å². The molecule has 0 spiro atoms. The van der Waals surface area contributed by atoms with E-state index >= 15 is 0 Å². The zero-order chi connectivity index (χ0) is 9.52. The molecule has 0 radical (unpaired) electrons. The Morgan fingerprint density at radius 1 is 1.00 bits per heavy atom. The minimum atomic E-state index is 0.178. The van der Waals surface area contributed by atoms with Crippen LogP contribution in [0.2, 0.25) is 0 Å². The highest BCUT2D eigenvalue weighted by Gasteiger charge is 2.01. The van der Waals surface area contributed by atoms with Crippen LogP contribution >= 0.6 is 0 Å². The van der Waals surface area contributed by atoms with Gasteiger partial charge in [-0.1, -0.05) is 0 Å². The van der Waals surface area contributed by atoms with E-state index in [2.05, 4.69) is 4.90 Å². The van der Waals surface area contributed by atoms with Gasteiger partial charge < -0.3 is 20.6 Å². The Balaban J connectivity index is 2.26. The zero-order valence-electron chi connectivity index (χ0n) is 7.76. The third-order valence-electron chi connectivity index (χ3n) is 1.88. The normalized spacial score (nSPS) is 15.5. The molecule has 0 aromatic carbocycles. The van der Waals surface area contributed by atoms with Gasteiger partial charge in [0.25, 0.3) is 0 Å². The van der Waals surface area contributed by atoms with Crippen LogP contribution in [-0.4, -0.2) is 41.1 Å². The monoisotopic (exact) mass is 183 g/mol. The van der Waals surface area contributed by atoms with E-state index in [1.165, 1.54) is 0 Å². The van der Waals surface area contributed by atoms with Crippen LogP contribution in [0.15, 0.2) is 24.8 Å². The predicted octanol–water partition coefficient (Wildman–Crippen LogP) is -0.112. The Labute approximate surface area is 78.9 Å². The Bertz CT molecular complexity index is 177. The summed E-state index contributed by atoms with van der Waals surface area (Å²) < 4.78 is 0. The van der Waals surface area contributed by atoms with Crippen molar-refractivity contribution in [3.63, 3.8) is 0 Å². The number of hydrogen-bond acceptors (Lipinski definition) is 4. The standard InChI is InChI=1S/C9H17N3O/c10-2-1-3-11-4-6-12(7-5-11)8-9-13/h4-7,13H,1-3,8-10H2. The van der Waals surface area contributed by atoms with Crippen LogP contribution in [0.25, 0.3) is 0 Å². The van der Waals surface area contributed by atoms with E-state index in [9.17, 15) is 0 Å². The molecule has 0 unspecified atom stereocenters. The molecule has 0 amide bonds. The van der Waals surface area contributed by atoms with Crippen molar-refractivity contribution in [3.05, 3.63) is 24.8 Å². The van der Waals surface area contributed by atoms with Crippen molar-refractivity contribution in [1.82, 2.24) is 9.80 Å². The van der Waals surface area contributed by atoms with Crippen LogP contribution in [0, 0.1) is 0 Å². The maximum atomic E-state index is 8.69. The first-order valence-electron chi connectivity index (χ1n) is 4.56. The summed E-state index contributed by atoms with van der Waals surface area (Å²) in [6.07, 6.45) is 8.88. The molecule has 74 valence electrons. The van der Waals surface area contributed by atoms with Gasteiger partial charge in [-0.3, -0.25) is 0 Å². The van der Waals surface area contributed by atoms with E-state index in [0.29, 0.717) is 6.54 Å². The minimum absolute atomic E-state index is 0.178. The summed E-state index contributed by atoms with van der Waals surface area (Å²) in [5.74, 6) is 0. The third kappa shape index (κ3) is 3.48. The van der Waals surface area contributed by atoms with Crippen molar-refractivity contribution in [1.29, 1.82) is 0 Å². The van der Waals surface area contributed by atoms with E-state index in [0.717, 1.165) is 19.5 Å². The lowest BCUT2D eigenvalue weighted by molar-refractivity contribution is 0.258. The van der Waals surface area contributed by atoms with Gasteiger partial charge in [-0.25, -0.2) is 0 Å². The quantitative estimate of drug-likeness (QED) is 0.624. The highest BCUT2D eigenvalue weighted by Crippen LogP contribution is 2.04. The summed E-state index contributed by atoms with van der Waals surface area (Å²) in [7, 11) is 0. The van der Waals surface area contributed by atoms with E-state index < -0.39 is 0 Å². The van der Waals surface area contributed by atoms with Crippen LogP contribution in [-0.2, 0) is 0 Å². The largest absolute Gasteiger partial charge is 0.395 e. The fourth-order valence-corrected chi connectivity index (χ4v) is 1.13. The summed E-state index contributed by atoms with van der Waals surface area (Å²) in [6, 6.07) is 0. The molecule has 0 aliphatic carbocycles. The van der Waals surface area contributed by atoms with Crippen LogP contribution in [0.5, 0.6) is 0 Å².